The van der Waals surface area contributed by atoms with Crippen LogP contribution < -0.4 is 5.32 Å². The van der Waals surface area contributed by atoms with E-state index in [1.165, 1.54) is 0 Å². The van der Waals surface area contributed by atoms with Gasteiger partial charge in [-0.3, -0.25) is 9.59 Å². The number of aliphatic carboxylic acids is 1. The summed E-state index contributed by atoms with van der Waals surface area (Å²) >= 11 is 0. The van der Waals surface area contributed by atoms with Gasteiger partial charge in [-0.05, 0) is 20.3 Å². The van der Waals surface area contributed by atoms with Gasteiger partial charge >= 0.3 is 0 Å². The fourth-order valence-electron chi connectivity index (χ4n) is 0.769. The molecule has 0 aromatic rings. The van der Waals surface area contributed by atoms with Crippen molar-refractivity contribution in [1.29, 1.82) is 0 Å². The van der Waals surface area contributed by atoms with Crippen LogP contribution in [-0.2, 0) is 14.3 Å². The molecule has 0 unspecified atom stereocenters. The number of carbonyl (C=O) groups is 2. The smallest absolute Gasteiger partial charge is 0.300 e. The van der Waals surface area contributed by atoms with Crippen molar-refractivity contribution in [2.45, 2.75) is 33.6 Å². The molecule has 1 aliphatic rings. The molecule has 1 amide bonds. The zero-order chi connectivity index (χ0) is 12.1. The molecule has 5 nitrogen and oxygen atoms in total. The highest BCUT2D eigenvalue weighted by atomic mass is 16.5. The van der Waals surface area contributed by atoms with Crippen LogP contribution in [0.4, 0.5) is 0 Å². The standard InChI is InChI=1S/C4H7NO.C4H10O.C2H4O2/c6-4-2-1-3-5-4;1-3-5-4-2;1-2(3)4/h1-3H2,(H,5,6);3-4H2,1-2H3;1H3,(H,3,4). The van der Waals surface area contributed by atoms with E-state index in [4.69, 9.17) is 14.6 Å². The summed E-state index contributed by atoms with van der Waals surface area (Å²) in [6.45, 7) is 7.64. The monoisotopic (exact) mass is 219 g/mol. The van der Waals surface area contributed by atoms with Gasteiger partial charge in [0.1, 0.15) is 0 Å². The molecule has 0 aromatic heterocycles. The van der Waals surface area contributed by atoms with Gasteiger partial charge in [-0.25, -0.2) is 0 Å². The van der Waals surface area contributed by atoms with Gasteiger partial charge in [0.2, 0.25) is 5.91 Å². The molecule has 0 aliphatic carbocycles. The van der Waals surface area contributed by atoms with E-state index < -0.39 is 5.97 Å². The third-order valence-electron chi connectivity index (χ3n) is 1.31. The Morgan fingerprint density at radius 1 is 1.47 bits per heavy atom. The van der Waals surface area contributed by atoms with E-state index in [0.29, 0.717) is 0 Å². The molecular formula is C10H21NO4. The summed E-state index contributed by atoms with van der Waals surface area (Å²) < 4.78 is 4.83. The van der Waals surface area contributed by atoms with Gasteiger partial charge in [0, 0.05) is 33.1 Å². The Kier molecular flexibility index (Phi) is 14.0. The number of hydrogen-bond acceptors (Lipinski definition) is 3. The fourth-order valence-corrected chi connectivity index (χ4v) is 0.769. The van der Waals surface area contributed by atoms with Gasteiger partial charge in [-0.1, -0.05) is 0 Å². The predicted octanol–water partition coefficient (Wildman–Crippen LogP) is 1.03. The molecule has 0 atom stereocenters. The van der Waals surface area contributed by atoms with Crippen molar-refractivity contribution in [1.82, 2.24) is 5.32 Å². The summed E-state index contributed by atoms with van der Waals surface area (Å²) in [4.78, 5) is 19.1. The van der Waals surface area contributed by atoms with Crippen LogP contribution in [0.3, 0.4) is 0 Å². The lowest BCUT2D eigenvalue weighted by atomic mass is 10.4. The van der Waals surface area contributed by atoms with Gasteiger partial charge in [0.05, 0.1) is 0 Å². The topological polar surface area (TPSA) is 75.6 Å². The number of hydrogen-bond donors (Lipinski definition) is 2. The summed E-state index contributed by atoms with van der Waals surface area (Å²) in [5.74, 6) is -0.630. The highest BCUT2D eigenvalue weighted by molar-refractivity contribution is 5.77. The van der Waals surface area contributed by atoms with Crippen molar-refractivity contribution >= 4 is 11.9 Å². The minimum absolute atomic E-state index is 0.204. The predicted molar refractivity (Wildman–Crippen MR) is 57.7 cm³/mol. The molecule has 1 rings (SSSR count). The summed E-state index contributed by atoms with van der Waals surface area (Å²) in [5.41, 5.74) is 0. The Morgan fingerprint density at radius 2 is 1.93 bits per heavy atom. The number of carboxylic acid groups (broad SMARTS) is 1. The van der Waals surface area contributed by atoms with E-state index in [2.05, 4.69) is 5.32 Å². The van der Waals surface area contributed by atoms with E-state index in [-0.39, 0.29) is 5.91 Å². The minimum Gasteiger partial charge on any atom is -0.481 e. The van der Waals surface area contributed by atoms with Crippen molar-refractivity contribution in [2.75, 3.05) is 19.8 Å². The maximum Gasteiger partial charge on any atom is 0.300 e. The molecule has 0 spiro atoms. The Balaban J connectivity index is 0. The third-order valence-corrected chi connectivity index (χ3v) is 1.31. The molecule has 15 heavy (non-hydrogen) atoms. The van der Waals surface area contributed by atoms with E-state index in [1.807, 2.05) is 13.8 Å². The second kappa shape index (κ2) is 12.9. The van der Waals surface area contributed by atoms with Crippen LogP contribution in [0.15, 0.2) is 0 Å². The highest BCUT2D eigenvalue weighted by Crippen LogP contribution is 1.93. The Morgan fingerprint density at radius 3 is 2.00 bits per heavy atom. The lowest BCUT2D eigenvalue weighted by Crippen LogP contribution is -2.12. The molecule has 0 saturated carbocycles. The normalized spacial score (nSPS) is 12.9. The maximum atomic E-state index is 10.1. The number of carboxylic acids is 1. The molecule has 90 valence electrons. The second-order valence-corrected chi connectivity index (χ2v) is 2.75. The molecule has 5 heteroatoms. The van der Waals surface area contributed by atoms with Gasteiger partial charge in [-0.15, -0.1) is 0 Å². The van der Waals surface area contributed by atoms with Crippen LogP contribution in [0.25, 0.3) is 0 Å². The number of amides is 1. The average Bonchev–Trinajstić information content (AvgIpc) is 2.57. The van der Waals surface area contributed by atoms with Crippen molar-refractivity contribution in [2.24, 2.45) is 0 Å². The van der Waals surface area contributed by atoms with Crippen molar-refractivity contribution < 1.29 is 19.4 Å². The Hall–Kier alpha value is -1.10. The molecule has 2 N–H and O–H groups in total. The number of carbonyl (C=O) groups excluding carboxylic acids is 1. The van der Waals surface area contributed by atoms with Gasteiger partial charge in [0.25, 0.3) is 5.97 Å². The Labute approximate surface area is 90.8 Å². The van der Waals surface area contributed by atoms with Crippen molar-refractivity contribution in [3.05, 3.63) is 0 Å². The SMILES string of the molecule is CC(=O)O.CCOCC.O=C1CCCN1. The van der Waals surface area contributed by atoms with Gasteiger partial charge in [-0.2, -0.15) is 0 Å². The minimum atomic E-state index is -0.833. The first-order valence-corrected chi connectivity index (χ1v) is 5.08. The average molecular weight is 219 g/mol. The Bertz CT molecular complexity index is 157. The lowest BCUT2D eigenvalue weighted by Gasteiger charge is -1.86. The lowest BCUT2D eigenvalue weighted by molar-refractivity contribution is -0.134. The highest BCUT2D eigenvalue weighted by Gasteiger charge is 2.05. The van der Waals surface area contributed by atoms with E-state index in [0.717, 1.165) is 39.5 Å². The molecule has 1 heterocycles. The molecule has 0 bridgehead atoms. The van der Waals surface area contributed by atoms with Crippen LogP contribution >= 0.6 is 0 Å². The second-order valence-electron chi connectivity index (χ2n) is 2.75. The number of ether oxygens (including phenoxy) is 1. The zero-order valence-electron chi connectivity index (χ0n) is 9.71. The number of rotatable bonds is 2. The van der Waals surface area contributed by atoms with E-state index >= 15 is 0 Å². The van der Waals surface area contributed by atoms with Gasteiger partial charge in [0.15, 0.2) is 0 Å². The van der Waals surface area contributed by atoms with Crippen molar-refractivity contribution in [3.8, 4) is 0 Å². The third kappa shape index (κ3) is 24.6. The quantitative estimate of drug-likeness (QED) is 0.727. The van der Waals surface area contributed by atoms with Crippen LogP contribution in [0.5, 0.6) is 0 Å². The molecule has 1 saturated heterocycles. The summed E-state index contributed by atoms with van der Waals surface area (Å²) in [6, 6.07) is 0. The fraction of sp³-hybridized carbons (Fsp3) is 0.800. The first-order valence-electron chi connectivity index (χ1n) is 5.08. The molecule has 0 radical (unpaired) electrons. The van der Waals surface area contributed by atoms with Gasteiger partial charge < -0.3 is 15.2 Å². The first-order chi connectivity index (χ1) is 7.04. The summed E-state index contributed by atoms with van der Waals surface area (Å²) in [6.07, 6.45) is 1.76. The van der Waals surface area contributed by atoms with Crippen LogP contribution in [0.1, 0.15) is 33.6 Å². The van der Waals surface area contributed by atoms with E-state index in [9.17, 15) is 4.79 Å². The van der Waals surface area contributed by atoms with Crippen LogP contribution in [0.2, 0.25) is 0 Å². The maximum absolute atomic E-state index is 10.1. The molecule has 1 fully saturated rings. The molecule has 0 aromatic carbocycles. The summed E-state index contributed by atoms with van der Waals surface area (Å²) in [5, 5.41) is 10.1. The number of nitrogens with one attached hydrogen (secondary N) is 1. The van der Waals surface area contributed by atoms with Crippen molar-refractivity contribution in [3.63, 3.8) is 0 Å². The van der Waals surface area contributed by atoms with Crippen LogP contribution in [-0.4, -0.2) is 36.7 Å². The summed E-state index contributed by atoms with van der Waals surface area (Å²) in [7, 11) is 0. The zero-order valence-corrected chi connectivity index (χ0v) is 9.71. The van der Waals surface area contributed by atoms with Crippen LogP contribution in [0, 0.1) is 0 Å². The first kappa shape index (κ1) is 16.3. The molecule has 1 aliphatic heterocycles. The molecular weight excluding hydrogens is 198 g/mol. The largest absolute Gasteiger partial charge is 0.481 e. The van der Waals surface area contributed by atoms with E-state index in [1.54, 1.807) is 0 Å².